The summed E-state index contributed by atoms with van der Waals surface area (Å²) in [6.45, 7) is 14.8. The minimum Gasteiger partial charge on any atom is -0.379 e. The van der Waals surface area contributed by atoms with E-state index in [4.69, 9.17) is 9.72 Å². The Labute approximate surface area is 246 Å². The van der Waals surface area contributed by atoms with Crippen LogP contribution in [0.1, 0.15) is 76.4 Å². The fourth-order valence-corrected chi connectivity index (χ4v) is 6.62. The maximum Gasteiger partial charge on any atom is 0.253 e. The Morgan fingerprint density at radius 3 is 2.56 bits per heavy atom. The van der Waals surface area contributed by atoms with Crippen LogP contribution in [0, 0.1) is 13.8 Å². The number of hydrogen-bond acceptors (Lipinski definition) is 6. The van der Waals surface area contributed by atoms with E-state index in [2.05, 4.69) is 60.2 Å². The van der Waals surface area contributed by atoms with Gasteiger partial charge in [-0.3, -0.25) is 14.5 Å². The highest BCUT2D eigenvalue weighted by Crippen LogP contribution is 2.38. The summed E-state index contributed by atoms with van der Waals surface area (Å²) in [4.78, 5) is 36.7. The number of carbonyl (C=O) groups excluding carboxylic acids is 1. The highest BCUT2D eigenvalue weighted by Gasteiger charge is 2.21. The molecule has 1 amide bonds. The molecule has 8 heteroatoms. The molecule has 0 saturated carbocycles. The standard InChI is InChI=1S/C33H40N4O3S/c1-6-7-25-16-21(4)35-32(39)28(25)18-34-31(38)26-17-27(30-29(22(26)5)36-33(41-30)20(2)3)24-10-8-23(9-11-24)19-37-12-14-40-15-13-37/h8-11,16-17,20H,6-7,12-15,18-19H2,1-5H3,(H,34,38)(H,35,39). The third-order valence-corrected chi connectivity index (χ3v) is 9.15. The number of aromatic amines is 1. The molecule has 3 heterocycles. The molecule has 0 atom stereocenters. The number of fused-ring (bicyclic) bond motifs is 1. The lowest BCUT2D eigenvalue weighted by Crippen LogP contribution is -2.35. The van der Waals surface area contributed by atoms with E-state index in [-0.39, 0.29) is 23.9 Å². The zero-order valence-electron chi connectivity index (χ0n) is 24.7. The highest BCUT2D eigenvalue weighted by atomic mass is 32.1. The van der Waals surface area contributed by atoms with Crippen LogP contribution in [0.2, 0.25) is 0 Å². The van der Waals surface area contributed by atoms with E-state index < -0.39 is 0 Å². The number of aromatic nitrogens is 2. The van der Waals surface area contributed by atoms with Gasteiger partial charge in [-0.2, -0.15) is 0 Å². The maximum atomic E-state index is 13.7. The normalized spacial score (nSPS) is 14.2. The zero-order chi connectivity index (χ0) is 29.1. The van der Waals surface area contributed by atoms with E-state index in [1.165, 1.54) is 5.56 Å². The quantitative estimate of drug-likeness (QED) is 0.253. The van der Waals surface area contributed by atoms with Gasteiger partial charge in [-0.25, -0.2) is 4.98 Å². The van der Waals surface area contributed by atoms with Crippen LogP contribution in [-0.2, 0) is 24.2 Å². The molecular formula is C33H40N4O3S. The molecule has 0 bridgehead atoms. The first-order valence-electron chi connectivity index (χ1n) is 14.6. The molecule has 2 aromatic carbocycles. The molecule has 1 aliphatic heterocycles. The number of hydrogen-bond donors (Lipinski definition) is 2. The van der Waals surface area contributed by atoms with Crippen molar-refractivity contribution in [3.63, 3.8) is 0 Å². The van der Waals surface area contributed by atoms with E-state index in [0.717, 1.165) is 88.9 Å². The highest BCUT2D eigenvalue weighted by molar-refractivity contribution is 7.19. The van der Waals surface area contributed by atoms with Crippen LogP contribution in [0.3, 0.4) is 0 Å². The van der Waals surface area contributed by atoms with E-state index >= 15 is 0 Å². The number of amides is 1. The third kappa shape index (κ3) is 6.45. The van der Waals surface area contributed by atoms with Gasteiger partial charge < -0.3 is 15.0 Å². The molecule has 2 aromatic heterocycles. The molecule has 0 aliphatic carbocycles. The van der Waals surface area contributed by atoms with Crippen molar-refractivity contribution in [3.05, 3.63) is 85.3 Å². The summed E-state index contributed by atoms with van der Waals surface area (Å²) in [6, 6.07) is 12.7. The summed E-state index contributed by atoms with van der Waals surface area (Å²) in [5, 5.41) is 4.10. The van der Waals surface area contributed by atoms with E-state index in [1.54, 1.807) is 11.3 Å². The molecular weight excluding hydrogens is 532 g/mol. The van der Waals surface area contributed by atoms with E-state index in [9.17, 15) is 9.59 Å². The molecule has 1 saturated heterocycles. The minimum atomic E-state index is -0.198. The monoisotopic (exact) mass is 572 g/mol. The molecule has 4 aromatic rings. The third-order valence-electron chi connectivity index (χ3n) is 7.76. The van der Waals surface area contributed by atoms with Gasteiger partial charge in [0.1, 0.15) is 0 Å². The lowest BCUT2D eigenvalue weighted by molar-refractivity contribution is 0.0342. The lowest BCUT2D eigenvalue weighted by atomic mass is 9.97. The summed E-state index contributed by atoms with van der Waals surface area (Å²) in [7, 11) is 0. The summed E-state index contributed by atoms with van der Waals surface area (Å²) in [5.74, 6) is 0.0918. The van der Waals surface area contributed by atoms with Gasteiger partial charge in [0, 0.05) is 54.5 Å². The van der Waals surface area contributed by atoms with Crippen LogP contribution in [0.4, 0.5) is 0 Å². The first-order chi connectivity index (χ1) is 19.7. The largest absolute Gasteiger partial charge is 0.379 e. The molecule has 0 spiro atoms. The lowest BCUT2D eigenvalue weighted by Gasteiger charge is -2.26. The second kappa shape index (κ2) is 12.7. The number of morpholine rings is 1. The average Bonchev–Trinajstić information content (AvgIpc) is 3.41. The molecule has 2 N–H and O–H groups in total. The Bertz CT molecular complexity index is 1600. The first kappa shape index (κ1) is 29.2. The van der Waals surface area contributed by atoms with Gasteiger partial charge in [-0.05, 0) is 54.7 Å². The number of aryl methyl sites for hydroxylation is 3. The molecule has 0 unspecified atom stereocenters. The van der Waals surface area contributed by atoms with Gasteiger partial charge in [0.15, 0.2) is 0 Å². The molecule has 1 aliphatic rings. The first-order valence-corrected chi connectivity index (χ1v) is 15.4. The number of carbonyl (C=O) groups is 1. The van der Waals surface area contributed by atoms with Crippen molar-refractivity contribution in [2.45, 2.75) is 66.5 Å². The van der Waals surface area contributed by atoms with Crippen molar-refractivity contribution in [2.24, 2.45) is 0 Å². The molecule has 216 valence electrons. The van der Waals surface area contributed by atoms with Crippen molar-refractivity contribution in [1.82, 2.24) is 20.2 Å². The van der Waals surface area contributed by atoms with Crippen LogP contribution in [-0.4, -0.2) is 47.1 Å². The summed E-state index contributed by atoms with van der Waals surface area (Å²) in [6.07, 6.45) is 1.72. The van der Waals surface area contributed by atoms with Crippen LogP contribution >= 0.6 is 11.3 Å². The summed E-state index contributed by atoms with van der Waals surface area (Å²) >= 11 is 1.70. The fourth-order valence-electron chi connectivity index (χ4n) is 5.46. The number of nitrogens with zero attached hydrogens (tertiary/aromatic N) is 2. The number of ether oxygens (including phenoxy) is 1. The Balaban J connectivity index is 1.48. The molecule has 7 nitrogen and oxygen atoms in total. The molecule has 41 heavy (non-hydrogen) atoms. The average molecular weight is 573 g/mol. The molecule has 1 fully saturated rings. The Morgan fingerprint density at radius 1 is 1.15 bits per heavy atom. The van der Waals surface area contributed by atoms with Crippen molar-refractivity contribution in [2.75, 3.05) is 26.3 Å². The topological polar surface area (TPSA) is 87.3 Å². The Morgan fingerprint density at radius 2 is 1.88 bits per heavy atom. The Hall–Kier alpha value is -3.33. The van der Waals surface area contributed by atoms with Gasteiger partial charge in [0.05, 0.1) is 28.4 Å². The zero-order valence-corrected chi connectivity index (χ0v) is 25.5. The second-order valence-corrected chi connectivity index (χ2v) is 12.3. The number of rotatable bonds is 9. The Kier molecular flexibility index (Phi) is 9.02. The maximum absolute atomic E-state index is 13.7. The smallest absolute Gasteiger partial charge is 0.253 e. The van der Waals surface area contributed by atoms with Crippen molar-refractivity contribution < 1.29 is 9.53 Å². The van der Waals surface area contributed by atoms with Gasteiger partial charge >= 0.3 is 0 Å². The second-order valence-electron chi connectivity index (χ2n) is 11.3. The number of pyridine rings is 1. The summed E-state index contributed by atoms with van der Waals surface area (Å²) in [5.41, 5.74) is 7.96. The van der Waals surface area contributed by atoms with E-state index in [0.29, 0.717) is 11.1 Å². The minimum absolute atomic E-state index is 0.139. The van der Waals surface area contributed by atoms with Crippen molar-refractivity contribution in [1.29, 1.82) is 0 Å². The van der Waals surface area contributed by atoms with Gasteiger partial charge in [0.2, 0.25) is 0 Å². The summed E-state index contributed by atoms with van der Waals surface area (Å²) < 4.78 is 6.59. The van der Waals surface area contributed by atoms with Gasteiger partial charge in [0.25, 0.3) is 11.5 Å². The predicted molar refractivity (Wildman–Crippen MR) is 167 cm³/mol. The number of nitrogens with one attached hydrogen (secondary N) is 2. The van der Waals surface area contributed by atoms with Crippen molar-refractivity contribution >= 4 is 27.5 Å². The van der Waals surface area contributed by atoms with Gasteiger partial charge in [-0.1, -0.05) is 51.5 Å². The predicted octanol–water partition coefficient (Wildman–Crippen LogP) is 6.11. The van der Waals surface area contributed by atoms with Crippen LogP contribution < -0.4 is 10.9 Å². The van der Waals surface area contributed by atoms with Crippen LogP contribution in [0.15, 0.2) is 41.2 Å². The van der Waals surface area contributed by atoms with Crippen LogP contribution in [0.25, 0.3) is 21.3 Å². The molecule has 5 rings (SSSR count). The fraction of sp³-hybridized carbons (Fsp3) is 0.424. The van der Waals surface area contributed by atoms with E-state index in [1.807, 2.05) is 26.0 Å². The number of H-pyrrole nitrogens is 1. The SMILES string of the molecule is CCCc1cc(C)[nH]c(=O)c1CNC(=O)c1cc(-c2ccc(CN3CCOCC3)cc2)c2sc(C(C)C)nc2c1C. The molecule has 0 radical (unpaired) electrons. The van der Waals surface area contributed by atoms with Crippen LogP contribution in [0.5, 0.6) is 0 Å². The van der Waals surface area contributed by atoms with Crippen molar-refractivity contribution in [3.8, 4) is 11.1 Å². The van der Waals surface area contributed by atoms with Gasteiger partial charge in [-0.15, -0.1) is 11.3 Å². The number of thiazole rings is 1. The number of benzene rings is 2.